The SMILES string of the molecule is NC(N)CC1CCCCC1. The molecule has 0 saturated heterocycles. The van der Waals surface area contributed by atoms with Gasteiger partial charge in [0.2, 0.25) is 0 Å². The molecule has 0 aromatic carbocycles. The number of hydrogen-bond acceptors (Lipinski definition) is 2. The second-order valence-corrected chi connectivity index (χ2v) is 3.40. The molecule has 1 fully saturated rings. The minimum Gasteiger partial charge on any atom is -0.316 e. The Morgan fingerprint density at radius 1 is 1.10 bits per heavy atom. The number of hydrogen-bond donors (Lipinski definition) is 2. The van der Waals surface area contributed by atoms with Crippen molar-refractivity contribution in [2.45, 2.75) is 44.7 Å². The zero-order valence-electron chi connectivity index (χ0n) is 6.55. The van der Waals surface area contributed by atoms with Crippen LogP contribution in [0.3, 0.4) is 0 Å². The summed E-state index contributed by atoms with van der Waals surface area (Å²) in [5.74, 6) is 0.828. The van der Waals surface area contributed by atoms with Crippen molar-refractivity contribution < 1.29 is 0 Å². The molecule has 0 aliphatic heterocycles. The van der Waals surface area contributed by atoms with Gasteiger partial charge in [-0.1, -0.05) is 32.1 Å². The van der Waals surface area contributed by atoms with Crippen LogP contribution in [0.5, 0.6) is 0 Å². The molecule has 0 heterocycles. The summed E-state index contributed by atoms with van der Waals surface area (Å²) in [7, 11) is 0. The molecule has 0 aromatic rings. The van der Waals surface area contributed by atoms with Crippen LogP contribution in [0.4, 0.5) is 0 Å². The highest BCUT2D eigenvalue weighted by molar-refractivity contribution is 4.68. The topological polar surface area (TPSA) is 52.0 Å². The summed E-state index contributed by atoms with van der Waals surface area (Å²) in [5.41, 5.74) is 11.0. The molecule has 60 valence electrons. The lowest BCUT2D eigenvalue weighted by molar-refractivity contribution is 0.319. The highest BCUT2D eigenvalue weighted by Crippen LogP contribution is 2.26. The minimum absolute atomic E-state index is 0.0805. The number of rotatable bonds is 2. The zero-order valence-corrected chi connectivity index (χ0v) is 6.55. The Morgan fingerprint density at radius 3 is 2.20 bits per heavy atom. The van der Waals surface area contributed by atoms with Crippen LogP contribution in [0.1, 0.15) is 38.5 Å². The molecule has 1 aliphatic rings. The van der Waals surface area contributed by atoms with E-state index in [9.17, 15) is 0 Å². The van der Waals surface area contributed by atoms with Gasteiger partial charge in [0.25, 0.3) is 0 Å². The van der Waals surface area contributed by atoms with Crippen molar-refractivity contribution in [3.63, 3.8) is 0 Å². The average molecular weight is 142 g/mol. The first kappa shape index (κ1) is 8.02. The van der Waals surface area contributed by atoms with E-state index < -0.39 is 0 Å². The molecule has 1 saturated carbocycles. The Labute approximate surface area is 63.0 Å². The molecule has 0 aromatic heterocycles. The second kappa shape index (κ2) is 3.94. The Balaban J connectivity index is 2.13. The van der Waals surface area contributed by atoms with Crippen molar-refractivity contribution >= 4 is 0 Å². The monoisotopic (exact) mass is 142 g/mol. The Bertz CT molecular complexity index is 85.3. The molecular formula is C8H18N2. The minimum atomic E-state index is -0.0805. The van der Waals surface area contributed by atoms with Gasteiger partial charge in [-0.2, -0.15) is 0 Å². The molecule has 0 radical (unpaired) electrons. The van der Waals surface area contributed by atoms with E-state index in [1.54, 1.807) is 0 Å². The van der Waals surface area contributed by atoms with Crippen molar-refractivity contribution in [3.05, 3.63) is 0 Å². The predicted octanol–water partition coefficient (Wildman–Crippen LogP) is 1.20. The van der Waals surface area contributed by atoms with Crippen LogP contribution >= 0.6 is 0 Å². The van der Waals surface area contributed by atoms with E-state index in [-0.39, 0.29) is 6.17 Å². The van der Waals surface area contributed by atoms with Gasteiger partial charge in [-0.3, -0.25) is 0 Å². The molecule has 1 rings (SSSR count). The van der Waals surface area contributed by atoms with Crippen molar-refractivity contribution in [2.24, 2.45) is 17.4 Å². The molecule has 0 atom stereocenters. The fraction of sp³-hybridized carbons (Fsp3) is 1.00. The molecule has 1 aliphatic carbocycles. The van der Waals surface area contributed by atoms with Crippen LogP contribution < -0.4 is 11.5 Å². The van der Waals surface area contributed by atoms with Crippen molar-refractivity contribution in [1.82, 2.24) is 0 Å². The Kier molecular flexibility index (Phi) is 3.16. The predicted molar refractivity (Wildman–Crippen MR) is 43.4 cm³/mol. The van der Waals surface area contributed by atoms with Gasteiger partial charge in [0.15, 0.2) is 0 Å². The molecule has 0 spiro atoms. The molecule has 0 amide bonds. The van der Waals surface area contributed by atoms with Gasteiger partial charge in [0, 0.05) is 0 Å². The maximum atomic E-state index is 5.50. The highest BCUT2D eigenvalue weighted by Gasteiger charge is 2.14. The Hall–Kier alpha value is -0.0800. The highest BCUT2D eigenvalue weighted by atomic mass is 14.8. The lowest BCUT2D eigenvalue weighted by Gasteiger charge is -2.22. The summed E-state index contributed by atoms with van der Waals surface area (Å²) in [5, 5.41) is 0. The zero-order chi connectivity index (χ0) is 7.40. The summed E-state index contributed by atoms with van der Waals surface area (Å²) in [6.07, 6.45) is 7.84. The van der Waals surface area contributed by atoms with E-state index in [0.29, 0.717) is 0 Å². The standard InChI is InChI=1S/C8H18N2/c9-8(10)6-7-4-2-1-3-5-7/h7-8H,1-6,9-10H2. The summed E-state index contributed by atoms with van der Waals surface area (Å²) >= 11 is 0. The summed E-state index contributed by atoms with van der Waals surface area (Å²) in [4.78, 5) is 0. The summed E-state index contributed by atoms with van der Waals surface area (Å²) < 4.78 is 0. The number of nitrogens with two attached hydrogens (primary N) is 2. The normalized spacial score (nSPS) is 21.9. The third-order valence-electron chi connectivity index (χ3n) is 2.33. The summed E-state index contributed by atoms with van der Waals surface area (Å²) in [6, 6.07) is 0. The van der Waals surface area contributed by atoms with Gasteiger partial charge >= 0.3 is 0 Å². The lowest BCUT2D eigenvalue weighted by atomic mass is 9.86. The van der Waals surface area contributed by atoms with Crippen molar-refractivity contribution in [1.29, 1.82) is 0 Å². The fourth-order valence-corrected chi connectivity index (χ4v) is 1.81. The van der Waals surface area contributed by atoms with Gasteiger partial charge in [0.1, 0.15) is 0 Å². The van der Waals surface area contributed by atoms with Gasteiger partial charge in [-0.05, 0) is 12.3 Å². The first-order valence-corrected chi connectivity index (χ1v) is 4.30. The van der Waals surface area contributed by atoms with Crippen LogP contribution in [0.15, 0.2) is 0 Å². The van der Waals surface area contributed by atoms with Gasteiger partial charge in [0.05, 0.1) is 6.17 Å². The van der Waals surface area contributed by atoms with Gasteiger partial charge in [-0.25, -0.2) is 0 Å². The first-order chi connectivity index (χ1) is 4.79. The van der Waals surface area contributed by atoms with E-state index in [2.05, 4.69) is 0 Å². The second-order valence-electron chi connectivity index (χ2n) is 3.40. The molecule has 0 bridgehead atoms. The van der Waals surface area contributed by atoms with Crippen LogP contribution in [-0.2, 0) is 0 Å². The van der Waals surface area contributed by atoms with Crippen LogP contribution in [0, 0.1) is 5.92 Å². The maximum absolute atomic E-state index is 5.50. The van der Waals surface area contributed by atoms with E-state index in [1.165, 1.54) is 32.1 Å². The maximum Gasteiger partial charge on any atom is 0.0523 e. The van der Waals surface area contributed by atoms with Gasteiger partial charge in [-0.15, -0.1) is 0 Å². The molecule has 4 N–H and O–H groups in total. The third kappa shape index (κ3) is 2.67. The van der Waals surface area contributed by atoms with E-state index in [4.69, 9.17) is 11.5 Å². The third-order valence-corrected chi connectivity index (χ3v) is 2.33. The summed E-state index contributed by atoms with van der Waals surface area (Å²) in [6.45, 7) is 0. The van der Waals surface area contributed by atoms with E-state index in [0.717, 1.165) is 12.3 Å². The average Bonchev–Trinajstić information content (AvgIpc) is 1.88. The Morgan fingerprint density at radius 2 is 1.70 bits per heavy atom. The van der Waals surface area contributed by atoms with Gasteiger partial charge < -0.3 is 11.5 Å². The van der Waals surface area contributed by atoms with E-state index in [1.807, 2.05) is 0 Å². The van der Waals surface area contributed by atoms with E-state index >= 15 is 0 Å². The molecule has 2 heteroatoms. The lowest BCUT2D eigenvalue weighted by Crippen LogP contribution is -2.33. The van der Waals surface area contributed by atoms with Crippen molar-refractivity contribution in [2.75, 3.05) is 0 Å². The quantitative estimate of drug-likeness (QED) is 0.569. The van der Waals surface area contributed by atoms with Crippen LogP contribution in [0.25, 0.3) is 0 Å². The first-order valence-electron chi connectivity index (χ1n) is 4.30. The van der Waals surface area contributed by atoms with Crippen LogP contribution in [-0.4, -0.2) is 6.17 Å². The fourth-order valence-electron chi connectivity index (χ4n) is 1.81. The largest absolute Gasteiger partial charge is 0.316 e. The van der Waals surface area contributed by atoms with Crippen molar-refractivity contribution in [3.8, 4) is 0 Å². The van der Waals surface area contributed by atoms with Crippen LogP contribution in [0.2, 0.25) is 0 Å². The molecule has 10 heavy (non-hydrogen) atoms. The smallest absolute Gasteiger partial charge is 0.0523 e. The molecule has 2 nitrogen and oxygen atoms in total. The molecular weight excluding hydrogens is 124 g/mol. The molecule has 0 unspecified atom stereocenters.